The molecule has 30 heavy (non-hydrogen) atoms. The van der Waals surface area contributed by atoms with Crippen LogP contribution >= 0.6 is 23.2 Å². The van der Waals surface area contributed by atoms with E-state index in [1.165, 1.54) is 22.3 Å². The maximum absolute atomic E-state index is 12.1. The Kier molecular flexibility index (Phi) is 6.36. The maximum Gasteiger partial charge on any atom is 0.407 e. The molecule has 6 heteroatoms. The van der Waals surface area contributed by atoms with Gasteiger partial charge in [-0.3, -0.25) is 0 Å². The summed E-state index contributed by atoms with van der Waals surface area (Å²) in [5.41, 5.74) is 5.68. The summed E-state index contributed by atoms with van der Waals surface area (Å²) in [6.45, 7) is 0.781. The average molecular weight is 439 g/mol. The van der Waals surface area contributed by atoms with Gasteiger partial charge < -0.3 is 10.1 Å². The molecule has 3 aromatic rings. The van der Waals surface area contributed by atoms with Gasteiger partial charge in [-0.25, -0.2) is 9.78 Å². The van der Waals surface area contributed by atoms with E-state index in [1.807, 2.05) is 36.4 Å². The van der Waals surface area contributed by atoms with E-state index in [1.54, 1.807) is 12.1 Å². The van der Waals surface area contributed by atoms with Crippen molar-refractivity contribution in [3.8, 4) is 11.1 Å². The Labute approximate surface area is 185 Å². The largest absolute Gasteiger partial charge is 0.449 e. The molecule has 1 aromatic heterocycles. The molecule has 1 heterocycles. The fourth-order valence-electron chi connectivity index (χ4n) is 3.71. The van der Waals surface area contributed by atoms with Crippen LogP contribution in [0.3, 0.4) is 0 Å². The van der Waals surface area contributed by atoms with E-state index in [9.17, 15) is 4.79 Å². The Morgan fingerprint density at radius 3 is 2.23 bits per heavy atom. The van der Waals surface area contributed by atoms with Crippen molar-refractivity contribution in [3.05, 3.63) is 93.7 Å². The Hall–Kier alpha value is -2.82. The first-order valence-electron chi connectivity index (χ1n) is 9.70. The van der Waals surface area contributed by atoms with Crippen molar-refractivity contribution in [2.75, 3.05) is 13.2 Å². The molecule has 152 valence electrons. The van der Waals surface area contributed by atoms with Crippen molar-refractivity contribution >= 4 is 35.4 Å². The SMILES string of the molecule is O=C(NCCC=Cc1cc(Cl)nc(Cl)c1)OCC1c2ccccc2-c2ccccc21. The number of ether oxygens (including phenoxy) is 1. The monoisotopic (exact) mass is 438 g/mol. The van der Waals surface area contributed by atoms with Crippen molar-refractivity contribution in [3.63, 3.8) is 0 Å². The first-order chi connectivity index (χ1) is 14.6. The number of alkyl carbamates (subject to hydrolysis) is 1. The quantitative estimate of drug-likeness (QED) is 0.361. The van der Waals surface area contributed by atoms with Crippen LogP contribution in [0.15, 0.2) is 66.7 Å². The number of carbonyl (C=O) groups is 1. The van der Waals surface area contributed by atoms with Crippen LogP contribution in [-0.2, 0) is 4.74 Å². The lowest BCUT2D eigenvalue weighted by Crippen LogP contribution is -2.26. The Morgan fingerprint density at radius 1 is 1.00 bits per heavy atom. The van der Waals surface area contributed by atoms with Crippen molar-refractivity contribution in [1.82, 2.24) is 10.3 Å². The molecule has 0 fully saturated rings. The molecular weight excluding hydrogens is 419 g/mol. The van der Waals surface area contributed by atoms with Gasteiger partial charge in [0.2, 0.25) is 0 Å². The molecule has 1 aliphatic rings. The smallest absolute Gasteiger partial charge is 0.407 e. The van der Waals surface area contributed by atoms with Gasteiger partial charge in [-0.15, -0.1) is 0 Å². The lowest BCUT2D eigenvalue weighted by molar-refractivity contribution is 0.143. The minimum Gasteiger partial charge on any atom is -0.449 e. The number of rotatable bonds is 6. The standard InChI is InChI=1S/C24H20Cl2N2O2/c25-22-13-16(14-23(26)28-22)7-5-6-12-27-24(29)30-15-21-19-10-3-1-8-17(19)18-9-2-4-11-20(18)21/h1-5,7-11,13-14,21H,6,12,15H2,(H,27,29). The molecule has 0 saturated heterocycles. The van der Waals surface area contributed by atoms with Gasteiger partial charge in [0.05, 0.1) is 0 Å². The lowest BCUT2D eigenvalue weighted by atomic mass is 9.98. The summed E-state index contributed by atoms with van der Waals surface area (Å²) in [7, 11) is 0. The first kappa shape index (κ1) is 20.5. The second-order valence-corrected chi connectivity index (χ2v) is 7.76. The number of carbonyl (C=O) groups excluding carboxylic acids is 1. The Balaban J connectivity index is 1.28. The summed E-state index contributed by atoms with van der Waals surface area (Å²) in [5.74, 6) is 0.0595. The van der Waals surface area contributed by atoms with Crippen LogP contribution in [0.1, 0.15) is 29.0 Å². The highest BCUT2D eigenvalue weighted by molar-refractivity contribution is 6.32. The van der Waals surface area contributed by atoms with Crippen LogP contribution in [0.4, 0.5) is 4.79 Å². The Morgan fingerprint density at radius 2 is 1.60 bits per heavy atom. The van der Waals surface area contributed by atoms with Crippen LogP contribution in [-0.4, -0.2) is 24.2 Å². The number of amides is 1. The van der Waals surface area contributed by atoms with Crippen molar-refractivity contribution in [1.29, 1.82) is 0 Å². The second-order valence-electron chi connectivity index (χ2n) is 6.99. The normalized spacial score (nSPS) is 12.6. The summed E-state index contributed by atoms with van der Waals surface area (Å²) in [4.78, 5) is 16.1. The highest BCUT2D eigenvalue weighted by Gasteiger charge is 2.28. The van der Waals surface area contributed by atoms with Crippen LogP contribution in [0.5, 0.6) is 0 Å². The number of aromatic nitrogens is 1. The average Bonchev–Trinajstić information content (AvgIpc) is 3.05. The van der Waals surface area contributed by atoms with E-state index in [4.69, 9.17) is 27.9 Å². The van der Waals surface area contributed by atoms with E-state index >= 15 is 0 Å². The third-order valence-electron chi connectivity index (χ3n) is 5.02. The lowest BCUT2D eigenvalue weighted by Gasteiger charge is -2.14. The van der Waals surface area contributed by atoms with E-state index in [0.29, 0.717) is 29.9 Å². The van der Waals surface area contributed by atoms with Crippen LogP contribution in [0.2, 0.25) is 10.3 Å². The third-order valence-corrected chi connectivity index (χ3v) is 5.41. The van der Waals surface area contributed by atoms with Crippen molar-refractivity contribution in [2.24, 2.45) is 0 Å². The zero-order valence-electron chi connectivity index (χ0n) is 16.1. The number of hydrogen-bond donors (Lipinski definition) is 1. The Bertz CT molecular complexity index is 1030. The molecule has 1 amide bonds. The topological polar surface area (TPSA) is 51.2 Å². The molecular formula is C24H20Cl2N2O2. The molecule has 0 radical (unpaired) electrons. The molecule has 4 nitrogen and oxygen atoms in total. The van der Waals surface area contributed by atoms with Crippen LogP contribution < -0.4 is 5.32 Å². The number of benzene rings is 2. The van der Waals surface area contributed by atoms with E-state index < -0.39 is 6.09 Å². The molecule has 1 N–H and O–H groups in total. The van der Waals surface area contributed by atoms with Gasteiger partial charge in [0, 0.05) is 12.5 Å². The van der Waals surface area contributed by atoms with Gasteiger partial charge in [0.25, 0.3) is 0 Å². The molecule has 1 aliphatic carbocycles. The van der Waals surface area contributed by atoms with Gasteiger partial charge in [-0.05, 0) is 46.4 Å². The van der Waals surface area contributed by atoms with E-state index in [2.05, 4.69) is 34.6 Å². The number of pyridine rings is 1. The second kappa shape index (κ2) is 9.33. The highest BCUT2D eigenvalue weighted by Crippen LogP contribution is 2.44. The van der Waals surface area contributed by atoms with Crippen LogP contribution in [0.25, 0.3) is 17.2 Å². The molecule has 4 rings (SSSR count). The van der Waals surface area contributed by atoms with Gasteiger partial charge in [0.1, 0.15) is 16.9 Å². The molecule has 0 spiro atoms. The zero-order chi connectivity index (χ0) is 20.9. The third kappa shape index (κ3) is 4.66. The number of hydrogen-bond acceptors (Lipinski definition) is 3. The molecule has 0 bridgehead atoms. The summed E-state index contributed by atoms with van der Waals surface area (Å²) < 4.78 is 5.52. The first-order valence-corrected chi connectivity index (χ1v) is 10.5. The highest BCUT2D eigenvalue weighted by atomic mass is 35.5. The summed E-state index contributed by atoms with van der Waals surface area (Å²) in [6, 6.07) is 20.0. The maximum atomic E-state index is 12.1. The minimum atomic E-state index is -0.416. The molecule has 0 saturated carbocycles. The van der Waals surface area contributed by atoms with Crippen LogP contribution in [0, 0.1) is 0 Å². The summed E-state index contributed by atoms with van der Waals surface area (Å²) >= 11 is 11.8. The number of nitrogens with one attached hydrogen (secondary N) is 1. The van der Waals surface area contributed by atoms with Gasteiger partial charge >= 0.3 is 6.09 Å². The summed E-state index contributed by atoms with van der Waals surface area (Å²) in [6.07, 6.45) is 4.06. The predicted molar refractivity (Wildman–Crippen MR) is 121 cm³/mol. The minimum absolute atomic E-state index is 0.0595. The molecule has 0 atom stereocenters. The van der Waals surface area contributed by atoms with E-state index in [0.717, 1.165) is 5.56 Å². The molecule has 0 unspecified atom stereocenters. The number of fused-ring (bicyclic) bond motifs is 3. The van der Waals surface area contributed by atoms with Gasteiger partial charge in [-0.1, -0.05) is 83.9 Å². The fraction of sp³-hybridized carbons (Fsp3) is 0.167. The number of halogens is 2. The fourth-order valence-corrected chi connectivity index (χ4v) is 4.18. The molecule has 2 aromatic carbocycles. The summed E-state index contributed by atoms with van der Waals surface area (Å²) in [5, 5.41) is 3.48. The van der Waals surface area contributed by atoms with Gasteiger partial charge in [0.15, 0.2) is 0 Å². The van der Waals surface area contributed by atoms with Crippen molar-refractivity contribution in [2.45, 2.75) is 12.3 Å². The molecule has 0 aliphatic heterocycles. The predicted octanol–water partition coefficient (Wildman–Crippen LogP) is 6.33. The van der Waals surface area contributed by atoms with Crippen molar-refractivity contribution < 1.29 is 9.53 Å². The zero-order valence-corrected chi connectivity index (χ0v) is 17.7. The number of nitrogens with zero attached hydrogens (tertiary/aromatic N) is 1. The van der Waals surface area contributed by atoms with Gasteiger partial charge in [-0.2, -0.15) is 0 Å². The van der Waals surface area contributed by atoms with E-state index in [-0.39, 0.29) is 5.92 Å².